The van der Waals surface area contributed by atoms with Crippen LogP contribution >= 0.6 is 0 Å². The molecule has 3 aromatic carbocycles. The summed E-state index contributed by atoms with van der Waals surface area (Å²) in [7, 11) is 1.54. The third kappa shape index (κ3) is 7.14. The lowest BCUT2D eigenvalue weighted by atomic mass is 9.97. The summed E-state index contributed by atoms with van der Waals surface area (Å²) in [6.07, 6.45) is -9.42. The van der Waals surface area contributed by atoms with Crippen molar-refractivity contribution in [1.29, 1.82) is 0 Å². The van der Waals surface area contributed by atoms with Crippen LogP contribution in [-0.4, -0.2) is 37.2 Å². The second kappa shape index (κ2) is 10.7. The average Bonchev–Trinajstić information content (AvgIpc) is 2.81. The molecule has 0 aliphatic carbocycles. The maximum atomic E-state index is 13.2. The van der Waals surface area contributed by atoms with E-state index in [0.29, 0.717) is 12.1 Å². The number of amides is 1. The van der Waals surface area contributed by atoms with Crippen molar-refractivity contribution in [3.63, 3.8) is 0 Å². The Morgan fingerprint density at radius 2 is 1.43 bits per heavy atom. The predicted molar refractivity (Wildman–Crippen MR) is 119 cm³/mol. The van der Waals surface area contributed by atoms with Gasteiger partial charge >= 0.3 is 12.4 Å². The summed E-state index contributed by atoms with van der Waals surface area (Å²) >= 11 is 0. The van der Waals surface area contributed by atoms with Crippen molar-refractivity contribution in [3.8, 4) is 5.75 Å². The third-order valence-electron chi connectivity index (χ3n) is 5.14. The fourth-order valence-corrected chi connectivity index (χ4v) is 3.48. The van der Waals surface area contributed by atoms with Crippen LogP contribution in [0.3, 0.4) is 0 Å². The highest BCUT2D eigenvalue weighted by Crippen LogP contribution is 2.36. The largest absolute Gasteiger partial charge is 0.482 e. The van der Waals surface area contributed by atoms with E-state index in [1.807, 2.05) is 60.7 Å². The van der Waals surface area contributed by atoms with Gasteiger partial charge in [0.2, 0.25) is 5.91 Å². The maximum Gasteiger partial charge on any atom is 0.422 e. The molecule has 0 atom stereocenters. The van der Waals surface area contributed by atoms with Gasteiger partial charge in [0.15, 0.2) is 6.61 Å². The molecule has 0 bridgehead atoms. The van der Waals surface area contributed by atoms with Gasteiger partial charge in [-0.15, -0.1) is 0 Å². The molecule has 0 saturated carbocycles. The number of carbonyl (C=O) groups excluding carboxylic acids is 1. The Bertz CT molecular complexity index is 1080. The maximum absolute atomic E-state index is 13.2. The van der Waals surface area contributed by atoms with E-state index in [-0.39, 0.29) is 5.69 Å². The first-order valence-electron chi connectivity index (χ1n) is 10.5. The van der Waals surface area contributed by atoms with Gasteiger partial charge in [0, 0.05) is 7.05 Å². The number of rotatable bonds is 8. The molecule has 0 fully saturated rings. The van der Waals surface area contributed by atoms with Crippen LogP contribution in [0.15, 0.2) is 78.9 Å². The first-order chi connectivity index (χ1) is 16.5. The second-order valence-electron chi connectivity index (χ2n) is 7.69. The average molecular weight is 496 g/mol. The van der Waals surface area contributed by atoms with Crippen LogP contribution in [0.2, 0.25) is 0 Å². The number of halogens is 6. The van der Waals surface area contributed by atoms with Crippen LogP contribution in [0, 0.1) is 0 Å². The van der Waals surface area contributed by atoms with Gasteiger partial charge in [-0.2, -0.15) is 26.3 Å². The van der Waals surface area contributed by atoms with Gasteiger partial charge < -0.3 is 15.0 Å². The van der Waals surface area contributed by atoms with Crippen molar-refractivity contribution in [2.24, 2.45) is 0 Å². The van der Waals surface area contributed by atoms with E-state index < -0.39 is 48.8 Å². The fourth-order valence-electron chi connectivity index (χ4n) is 3.48. The summed E-state index contributed by atoms with van der Waals surface area (Å²) in [5, 5.41) is 2.52. The van der Waals surface area contributed by atoms with Crippen LogP contribution in [0.25, 0.3) is 0 Å². The number of carbonyl (C=O) groups is 1. The van der Waals surface area contributed by atoms with Crippen molar-refractivity contribution in [1.82, 2.24) is 4.90 Å². The Balaban J connectivity index is 1.83. The molecular weight excluding hydrogens is 474 g/mol. The minimum Gasteiger partial charge on any atom is -0.482 e. The third-order valence-corrected chi connectivity index (χ3v) is 5.14. The molecule has 10 heteroatoms. The summed E-state index contributed by atoms with van der Waals surface area (Å²) in [4.78, 5) is 14.5. The second-order valence-corrected chi connectivity index (χ2v) is 7.69. The molecule has 0 aliphatic rings. The topological polar surface area (TPSA) is 41.6 Å². The molecule has 0 saturated heterocycles. The monoisotopic (exact) mass is 496 g/mol. The normalized spacial score (nSPS) is 11.9. The lowest BCUT2D eigenvalue weighted by Gasteiger charge is -2.29. The summed E-state index contributed by atoms with van der Waals surface area (Å²) in [5.74, 6) is -0.949. The van der Waals surface area contributed by atoms with E-state index in [0.717, 1.165) is 17.2 Å². The van der Waals surface area contributed by atoms with Crippen molar-refractivity contribution in [2.75, 3.05) is 25.5 Å². The highest BCUT2D eigenvalue weighted by Gasteiger charge is 2.33. The lowest BCUT2D eigenvalue weighted by Crippen LogP contribution is -2.36. The van der Waals surface area contributed by atoms with Crippen LogP contribution < -0.4 is 10.1 Å². The predicted octanol–water partition coefficient (Wildman–Crippen LogP) is 6.31. The number of hydrogen-bond acceptors (Lipinski definition) is 3. The number of likely N-dealkylation sites (N-methyl/N-ethyl adjacent to an activating group) is 1. The molecule has 0 radical (unpaired) electrons. The molecule has 3 aromatic rings. The van der Waals surface area contributed by atoms with Crippen molar-refractivity contribution < 1.29 is 35.9 Å². The zero-order valence-electron chi connectivity index (χ0n) is 18.5. The number of ether oxygens (including phenoxy) is 1. The highest BCUT2D eigenvalue weighted by molar-refractivity contribution is 5.82. The Hall–Kier alpha value is -3.69. The highest BCUT2D eigenvalue weighted by atomic mass is 19.4. The molecule has 186 valence electrons. The van der Waals surface area contributed by atoms with Gasteiger partial charge in [-0.1, -0.05) is 60.7 Å². The molecule has 0 aromatic heterocycles. The lowest BCUT2D eigenvalue weighted by molar-refractivity contribution is -0.153. The number of anilines is 1. The Morgan fingerprint density at radius 1 is 0.886 bits per heavy atom. The Labute approximate surface area is 198 Å². The van der Waals surface area contributed by atoms with Crippen LogP contribution in [0.1, 0.15) is 22.7 Å². The van der Waals surface area contributed by atoms with Crippen LogP contribution in [0.4, 0.5) is 32.0 Å². The standard InChI is InChI=1S/C25H22F6N2O2/c1-33(23(17-8-4-2-5-9-17)18-10-6-3-7-11-18)22(34)15-32-20-14-19(25(29,30)31)12-13-21(20)35-16-24(26,27)28/h2-14,23,32H,15-16H2,1H3. The molecule has 3 rings (SSSR count). The number of nitrogens with zero attached hydrogens (tertiary/aromatic N) is 1. The number of nitrogens with one attached hydrogen (secondary N) is 1. The summed E-state index contributed by atoms with van der Waals surface area (Å²) < 4.78 is 81.9. The first kappa shape index (κ1) is 25.9. The van der Waals surface area contributed by atoms with E-state index in [4.69, 9.17) is 0 Å². The first-order valence-corrected chi connectivity index (χ1v) is 10.5. The molecule has 1 amide bonds. The molecule has 0 spiro atoms. The summed E-state index contributed by atoms with van der Waals surface area (Å²) in [6, 6.07) is 19.8. The van der Waals surface area contributed by atoms with Crippen LogP contribution in [-0.2, 0) is 11.0 Å². The van der Waals surface area contributed by atoms with Gasteiger partial charge in [-0.3, -0.25) is 4.79 Å². The molecule has 4 nitrogen and oxygen atoms in total. The smallest absolute Gasteiger partial charge is 0.422 e. The molecule has 0 aliphatic heterocycles. The van der Waals surface area contributed by atoms with E-state index in [2.05, 4.69) is 10.1 Å². The van der Waals surface area contributed by atoms with Gasteiger partial charge in [-0.05, 0) is 29.3 Å². The Kier molecular flexibility index (Phi) is 7.93. The minimum absolute atomic E-state index is 0.373. The number of benzene rings is 3. The van der Waals surface area contributed by atoms with E-state index in [9.17, 15) is 31.1 Å². The van der Waals surface area contributed by atoms with Gasteiger partial charge in [0.1, 0.15) is 5.75 Å². The number of alkyl halides is 6. The van der Waals surface area contributed by atoms with Crippen LogP contribution in [0.5, 0.6) is 5.75 Å². The van der Waals surface area contributed by atoms with E-state index in [1.54, 1.807) is 7.05 Å². The zero-order chi connectivity index (χ0) is 25.6. The van der Waals surface area contributed by atoms with E-state index >= 15 is 0 Å². The van der Waals surface area contributed by atoms with Crippen molar-refractivity contribution >= 4 is 11.6 Å². The quantitative estimate of drug-likeness (QED) is 0.372. The summed E-state index contributed by atoms with van der Waals surface area (Å²) in [5.41, 5.74) is 0.152. The molecule has 0 heterocycles. The Morgan fingerprint density at radius 3 is 1.91 bits per heavy atom. The molecule has 0 unspecified atom stereocenters. The minimum atomic E-state index is -4.73. The molecule has 1 N–H and O–H groups in total. The van der Waals surface area contributed by atoms with Crippen molar-refractivity contribution in [2.45, 2.75) is 18.4 Å². The fraction of sp³-hybridized carbons (Fsp3) is 0.240. The molecular formula is C25H22F6N2O2. The zero-order valence-corrected chi connectivity index (χ0v) is 18.5. The SMILES string of the molecule is CN(C(=O)CNc1cc(C(F)(F)F)ccc1OCC(F)(F)F)C(c1ccccc1)c1ccccc1. The van der Waals surface area contributed by atoms with E-state index in [1.165, 1.54) is 4.90 Å². The summed E-state index contributed by atoms with van der Waals surface area (Å²) in [6.45, 7) is -2.17. The van der Waals surface area contributed by atoms with Gasteiger partial charge in [-0.25, -0.2) is 0 Å². The van der Waals surface area contributed by atoms with Gasteiger partial charge in [0.25, 0.3) is 0 Å². The number of hydrogen-bond donors (Lipinski definition) is 1. The molecule has 35 heavy (non-hydrogen) atoms. The van der Waals surface area contributed by atoms with Gasteiger partial charge in [0.05, 0.1) is 23.8 Å². The van der Waals surface area contributed by atoms with Crippen molar-refractivity contribution in [3.05, 3.63) is 95.6 Å².